The second-order valence-electron chi connectivity index (χ2n) is 3.82. The highest BCUT2D eigenvalue weighted by atomic mass is 16.6. The number of hydrogen-bond donors (Lipinski definition) is 5. The molecule has 1 aromatic rings. The molecular weight excluding hydrogens is 228 g/mol. The van der Waals surface area contributed by atoms with Gasteiger partial charge in [-0.3, -0.25) is 5.41 Å². The highest BCUT2D eigenvalue weighted by molar-refractivity contribution is 5.92. The fourth-order valence-electron chi connectivity index (χ4n) is 1.72. The highest BCUT2D eigenvalue weighted by Crippen LogP contribution is 2.28. The van der Waals surface area contributed by atoms with Crippen LogP contribution in [-0.2, 0) is 4.74 Å². The molecule has 17 heavy (non-hydrogen) atoms. The molecule has 0 aliphatic carbocycles. The summed E-state index contributed by atoms with van der Waals surface area (Å²) in [7, 11) is 0. The molecule has 2 rings (SSSR count). The van der Waals surface area contributed by atoms with Gasteiger partial charge in [-0.2, -0.15) is 5.10 Å². The molecule has 0 unspecified atom stereocenters. The molecule has 94 valence electrons. The van der Waals surface area contributed by atoms with E-state index in [1.54, 1.807) is 0 Å². The monoisotopic (exact) mass is 242 g/mol. The molecule has 0 amide bonds. The van der Waals surface area contributed by atoms with Gasteiger partial charge in [0.2, 0.25) is 0 Å². The number of nitrogens with two attached hydrogens (primary N) is 1. The summed E-state index contributed by atoms with van der Waals surface area (Å²) >= 11 is 0. The van der Waals surface area contributed by atoms with Crippen LogP contribution >= 0.6 is 0 Å². The minimum absolute atomic E-state index is 0.199. The van der Waals surface area contributed by atoms with Crippen LogP contribution in [0.25, 0.3) is 0 Å². The fourth-order valence-corrected chi connectivity index (χ4v) is 1.72. The second kappa shape index (κ2) is 4.41. The van der Waals surface area contributed by atoms with Crippen molar-refractivity contribution in [1.82, 2.24) is 9.78 Å². The first-order chi connectivity index (χ1) is 8.04. The third-order valence-corrected chi connectivity index (χ3v) is 2.66. The van der Waals surface area contributed by atoms with Crippen LogP contribution in [0.1, 0.15) is 11.9 Å². The Morgan fingerprint density at radius 3 is 2.71 bits per heavy atom. The van der Waals surface area contributed by atoms with E-state index in [9.17, 15) is 10.2 Å². The van der Waals surface area contributed by atoms with Gasteiger partial charge in [-0.25, -0.2) is 4.68 Å². The van der Waals surface area contributed by atoms with Crippen LogP contribution < -0.4 is 5.73 Å². The molecule has 0 bridgehead atoms. The van der Waals surface area contributed by atoms with Gasteiger partial charge < -0.3 is 25.8 Å². The van der Waals surface area contributed by atoms with Gasteiger partial charge in [0.25, 0.3) is 0 Å². The lowest BCUT2D eigenvalue weighted by molar-refractivity contribution is -0.0586. The number of amidine groups is 1. The standard InChI is InChI=1S/C9H14N4O4/c10-8(11)4-1-2-13(12-4)9-7(16)6(15)5(3-14)17-9/h1-2,5-7,9,14-16H,3H2,(H3,10,11)/t5-,6-,7-,9-/m1/s1. The van der Waals surface area contributed by atoms with Gasteiger partial charge in [0.05, 0.1) is 6.61 Å². The number of rotatable bonds is 3. The summed E-state index contributed by atoms with van der Waals surface area (Å²) in [6.07, 6.45) is -2.62. The third-order valence-electron chi connectivity index (χ3n) is 2.66. The average molecular weight is 242 g/mol. The maximum absolute atomic E-state index is 9.73. The largest absolute Gasteiger partial charge is 0.394 e. The molecule has 0 radical (unpaired) electrons. The summed E-state index contributed by atoms with van der Waals surface area (Å²) in [5.74, 6) is -0.199. The highest BCUT2D eigenvalue weighted by Gasteiger charge is 2.43. The van der Waals surface area contributed by atoms with Crippen LogP contribution in [0, 0.1) is 5.41 Å². The number of aliphatic hydroxyl groups is 3. The van der Waals surface area contributed by atoms with E-state index in [-0.39, 0.29) is 11.5 Å². The van der Waals surface area contributed by atoms with Crippen molar-refractivity contribution in [3.8, 4) is 0 Å². The first-order valence-corrected chi connectivity index (χ1v) is 5.06. The van der Waals surface area contributed by atoms with E-state index in [2.05, 4.69) is 5.10 Å². The third kappa shape index (κ3) is 2.03. The summed E-state index contributed by atoms with van der Waals surface area (Å²) in [6, 6.07) is 1.50. The lowest BCUT2D eigenvalue weighted by Crippen LogP contribution is -2.33. The Labute approximate surface area is 96.7 Å². The number of ether oxygens (including phenoxy) is 1. The molecule has 2 heterocycles. The van der Waals surface area contributed by atoms with Crippen molar-refractivity contribution in [3.05, 3.63) is 18.0 Å². The molecule has 0 aromatic carbocycles. The number of nitrogens with one attached hydrogen (secondary N) is 1. The maximum Gasteiger partial charge on any atom is 0.179 e. The van der Waals surface area contributed by atoms with Gasteiger partial charge in [0.15, 0.2) is 6.23 Å². The second-order valence-corrected chi connectivity index (χ2v) is 3.82. The van der Waals surface area contributed by atoms with Crippen molar-refractivity contribution in [2.75, 3.05) is 6.61 Å². The first-order valence-electron chi connectivity index (χ1n) is 5.06. The van der Waals surface area contributed by atoms with E-state index >= 15 is 0 Å². The Bertz CT molecular complexity index is 421. The predicted molar refractivity (Wildman–Crippen MR) is 56.3 cm³/mol. The Kier molecular flexibility index (Phi) is 3.11. The Morgan fingerprint density at radius 2 is 2.24 bits per heavy atom. The first kappa shape index (κ1) is 12.0. The van der Waals surface area contributed by atoms with Crippen LogP contribution in [0.15, 0.2) is 12.3 Å². The summed E-state index contributed by atoms with van der Waals surface area (Å²) in [6.45, 7) is -0.393. The fraction of sp³-hybridized carbons (Fsp3) is 0.556. The molecule has 1 aliphatic rings. The van der Waals surface area contributed by atoms with Crippen molar-refractivity contribution in [2.24, 2.45) is 5.73 Å². The Balaban J connectivity index is 2.19. The Hall–Kier alpha value is -1.48. The summed E-state index contributed by atoms with van der Waals surface area (Å²) in [4.78, 5) is 0. The molecule has 8 nitrogen and oxygen atoms in total. The average Bonchev–Trinajstić information content (AvgIpc) is 2.87. The minimum Gasteiger partial charge on any atom is -0.394 e. The lowest BCUT2D eigenvalue weighted by Gasteiger charge is -2.14. The number of nitrogen functional groups attached to an aromatic ring is 1. The molecular formula is C9H14N4O4. The van der Waals surface area contributed by atoms with E-state index in [0.29, 0.717) is 0 Å². The molecule has 4 atom stereocenters. The van der Waals surface area contributed by atoms with Crippen LogP contribution in [0.3, 0.4) is 0 Å². The van der Waals surface area contributed by atoms with E-state index in [4.69, 9.17) is 21.0 Å². The normalized spacial score (nSPS) is 32.9. The molecule has 6 N–H and O–H groups in total. The number of aliphatic hydroxyl groups excluding tert-OH is 3. The van der Waals surface area contributed by atoms with E-state index < -0.39 is 31.1 Å². The number of aromatic nitrogens is 2. The zero-order valence-electron chi connectivity index (χ0n) is 8.89. The van der Waals surface area contributed by atoms with Crippen LogP contribution in [0.4, 0.5) is 0 Å². The summed E-state index contributed by atoms with van der Waals surface area (Å²) < 4.78 is 6.52. The van der Waals surface area contributed by atoms with Gasteiger partial charge in [-0.1, -0.05) is 0 Å². The maximum atomic E-state index is 9.73. The zero-order chi connectivity index (χ0) is 12.6. The topological polar surface area (TPSA) is 138 Å². The van der Waals surface area contributed by atoms with Crippen molar-refractivity contribution in [1.29, 1.82) is 5.41 Å². The van der Waals surface area contributed by atoms with Gasteiger partial charge in [0, 0.05) is 6.20 Å². The van der Waals surface area contributed by atoms with Crippen molar-refractivity contribution < 1.29 is 20.1 Å². The molecule has 1 saturated heterocycles. The van der Waals surface area contributed by atoms with Gasteiger partial charge in [-0.15, -0.1) is 0 Å². The zero-order valence-corrected chi connectivity index (χ0v) is 8.89. The molecule has 8 heteroatoms. The number of nitrogens with zero attached hydrogens (tertiary/aromatic N) is 2. The molecule has 1 aliphatic heterocycles. The SMILES string of the molecule is N=C(N)c1ccn([C@@H]2O[C@H](CO)[C@@H](O)[C@H]2O)n1. The van der Waals surface area contributed by atoms with Crippen LogP contribution in [0.2, 0.25) is 0 Å². The van der Waals surface area contributed by atoms with Gasteiger partial charge in [0.1, 0.15) is 29.8 Å². The molecule has 0 saturated carbocycles. The van der Waals surface area contributed by atoms with E-state index in [0.717, 1.165) is 0 Å². The van der Waals surface area contributed by atoms with Crippen molar-refractivity contribution >= 4 is 5.84 Å². The Morgan fingerprint density at radius 1 is 1.53 bits per heavy atom. The molecule has 1 aromatic heterocycles. The minimum atomic E-state index is -1.19. The van der Waals surface area contributed by atoms with Crippen LogP contribution in [-0.4, -0.2) is 55.9 Å². The summed E-state index contributed by atoms with van der Waals surface area (Å²) in [5, 5.41) is 39.4. The van der Waals surface area contributed by atoms with Gasteiger partial charge in [-0.05, 0) is 6.07 Å². The molecule has 1 fully saturated rings. The predicted octanol–water partition coefficient (Wildman–Crippen LogP) is -2.22. The van der Waals surface area contributed by atoms with Crippen molar-refractivity contribution in [3.63, 3.8) is 0 Å². The smallest absolute Gasteiger partial charge is 0.179 e. The summed E-state index contributed by atoms with van der Waals surface area (Å²) in [5.41, 5.74) is 5.51. The van der Waals surface area contributed by atoms with E-state index in [1.807, 2.05) is 0 Å². The quantitative estimate of drug-likeness (QED) is 0.300. The van der Waals surface area contributed by atoms with E-state index in [1.165, 1.54) is 16.9 Å². The molecule has 0 spiro atoms. The number of hydrogen-bond acceptors (Lipinski definition) is 6. The lowest BCUT2D eigenvalue weighted by atomic mass is 10.1. The van der Waals surface area contributed by atoms with Crippen LogP contribution in [0.5, 0.6) is 0 Å². The van der Waals surface area contributed by atoms with Gasteiger partial charge >= 0.3 is 0 Å². The van der Waals surface area contributed by atoms with Crippen molar-refractivity contribution in [2.45, 2.75) is 24.5 Å².